The van der Waals surface area contributed by atoms with Crippen molar-refractivity contribution >= 4 is 11.3 Å². The Labute approximate surface area is 91.0 Å². The van der Waals surface area contributed by atoms with Crippen LogP contribution in [-0.4, -0.2) is 21.8 Å². The third kappa shape index (κ3) is 2.30. The summed E-state index contributed by atoms with van der Waals surface area (Å²) in [6.07, 6.45) is 8.48. The molecule has 4 nitrogen and oxygen atoms in total. The summed E-state index contributed by atoms with van der Waals surface area (Å²) >= 11 is 1.36. The molecule has 0 saturated carbocycles. The van der Waals surface area contributed by atoms with E-state index in [-0.39, 0.29) is 6.61 Å². The van der Waals surface area contributed by atoms with Crippen LogP contribution in [0.4, 0.5) is 0 Å². The highest BCUT2D eigenvalue weighted by Gasteiger charge is 2.06. The summed E-state index contributed by atoms with van der Waals surface area (Å²) in [4.78, 5) is 3.93. The van der Waals surface area contributed by atoms with E-state index in [1.807, 2.05) is 12.1 Å². The van der Waals surface area contributed by atoms with Crippen molar-refractivity contribution in [1.82, 2.24) is 15.2 Å². The zero-order chi connectivity index (χ0) is 10.5. The van der Waals surface area contributed by atoms with E-state index in [0.29, 0.717) is 5.19 Å². The molecule has 0 saturated heterocycles. The molecule has 0 atom stereocenters. The van der Waals surface area contributed by atoms with Crippen LogP contribution in [0.1, 0.15) is 0 Å². The number of terminal acetylenes is 1. The van der Waals surface area contributed by atoms with Crippen molar-refractivity contribution in [3.8, 4) is 28.1 Å². The summed E-state index contributed by atoms with van der Waals surface area (Å²) in [5.74, 6) is 2.37. The molecule has 5 heteroatoms. The second-order valence-electron chi connectivity index (χ2n) is 2.60. The molecule has 0 bridgehead atoms. The maximum atomic E-state index is 5.15. The van der Waals surface area contributed by atoms with Crippen molar-refractivity contribution in [1.29, 1.82) is 0 Å². The molecule has 0 aromatic carbocycles. The first-order chi connectivity index (χ1) is 7.40. The Hall–Kier alpha value is -1.93. The Morgan fingerprint density at radius 2 is 2.13 bits per heavy atom. The summed E-state index contributed by atoms with van der Waals surface area (Å²) in [5.41, 5.74) is 0.970. The molecule has 0 amide bonds. The van der Waals surface area contributed by atoms with E-state index in [1.165, 1.54) is 11.3 Å². The molecule has 2 aromatic rings. The average Bonchev–Trinajstić information content (AvgIpc) is 2.76. The van der Waals surface area contributed by atoms with Gasteiger partial charge in [-0.05, 0) is 12.1 Å². The molecular formula is C10H7N3OS. The maximum absolute atomic E-state index is 5.15. The number of aromatic nitrogens is 3. The fourth-order valence-electron chi connectivity index (χ4n) is 0.983. The molecule has 0 spiro atoms. The summed E-state index contributed by atoms with van der Waals surface area (Å²) in [7, 11) is 0. The van der Waals surface area contributed by atoms with Crippen LogP contribution in [0.3, 0.4) is 0 Å². The van der Waals surface area contributed by atoms with Crippen LogP contribution in [0.25, 0.3) is 10.6 Å². The highest BCUT2D eigenvalue weighted by molar-refractivity contribution is 7.16. The van der Waals surface area contributed by atoms with Crippen molar-refractivity contribution in [2.45, 2.75) is 0 Å². The second kappa shape index (κ2) is 4.53. The Kier molecular flexibility index (Phi) is 2.90. The SMILES string of the molecule is C#CCOc1nnc(-c2ccncc2)s1. The molecule has 74 valence electrons. The Morgan fingerprint density at radius 1 is 1.33 bits per heavy atom. The van der Waals surface area contributed by atoms with Crippen molar-refractivity contribution in [3.05, 3.63) is 24.5 Å². The molecule has 2 heterocycles. The number of hydrogen-bond acceptors (Lipinski definition) is 5. The first-order valence-electron chi connectivity index (χ1n) is 4.20. The van der Waals surface area contributed by atoms with Gasteiger partial charge in [0, 0.05) is 18.0 Å². The van der Waals surface area contributed by atoms with Crippen LogP contribution in [0, 0.1) is 12.3 Å². The molecule has 2 rings (SSSR count). The van der Waals surface area contributed by atoms with Gasteiger partial charge in [-0.25, -0.2) is 0 Å². The summed E-state index contributed by atoms with van der Waals surface area (Å²) in [5, 5.41) is 9.13. The highest BCUT2D eigenvalue weighted by atomic mass is 32.1. The number of rotatable bonds is 3. The molecule has 0 unspecified atom stereocenters. The molecule has 2 aromatic heterocycles. The van der Waals surface area contributed by atoms with Gasteiger partial charge in [-0.3, -0.25) is 4.98 Å². The van der Waals surface area contributed by atoms with Crippen LogP contribution >= 0.6 is 11.3 Å². The number of pyridine rings is 1. The van der Waals surface area contributed by atoms with Gasteiger partial charge in [-0.2, -0.15) is 0 Å². The van der Waals surface area contributed by atoms with Gasteiger partial charge in [0.05, 0.1) is 0 Å². The molecule has 0 radical (unpaired) electrons. The van der Waals surface area contributed by atoms with E-state index in [1.54, 1.807) is 12.4 Å². The van der Waals surface area contributed by atoms with E-state index in [4.69, 9.17) is 11.2 Å². The number of hydrogen-bond donors (Lipinski definition) is 0. The summed E-state index contributed by atoms with van der Waals surface area (Å²) < 4.78 is 5.15. The number of nitrogens with zero attached hydrogens (tertiary/aromatic N) is 3. The molecule has 0 aliphatic rings. The monoisotopic (exact) mass is 217 g/mol. The van der Waals surface area contributed by atoms with E-state index >= 15 is 0 Å². The van der Waals surface area contributed by atoms with Crippen LogP contribution in [-0.2, 0) is 0 Å². The first kappa shape index (κ1) is 9.62. The highest BCUT2D eigenvalue weighted by Crippen LogP contribution is 2.26. The minimum atomic E-state index is 0.213. The number of ether oxygens (including phenoxy) is 1. The third-order valence-electron chi connectivity index (χ3n) is 1.61. The zero-order valence-corrected chi connectivity index (χ0v) is 8.57. The van der Waals surface area contributed by atoms with E-state index in [0.717, 1.165) is 10.6 Å². The van der Waals surface area contributed by atoms with E-state index in [2.05, 4.69) is 21.1 Å². The lowest BCUT2D eigenvalue weighted by Crippen LogP contribution is -1.91. The Bertz CT molecular complexity index is 475. The summed E-state index contributed by atoms with van der Waals surface area (Å²) in [6.45, 7) is 0.213. The molecule has 0 aliphatic heterocycles. The minimum absolute atomic E-state index is 0.213. The second-order valence-corrected chi connectivity index (χ2v) is 3.54. The van der Waals surface area contributed by atoms with E-state index < -0.39 is 0 Å². The zero-order valence-electron chi connectivity index (χ0n) is 7.75. The lowest BCUT2D eigenvalue weighted by Gasteiger charge is -1.92. The van der Waals surface area contributed by atoms with Gasteiger partial charge in [0.2, 0.25) is 0 Å². The summed E-state index contributed by atoms with van der Waals surface area (Å²) in [6, 6.07) is 3.73. The first-order valence-corrected chi connectivity index (χ1v) is 5.02. The molecule has 0 fully saturated rings. The standard InChI is InChI=1S/C10H7N3OS/c1-2-7-14-10-13-12-9(15-10)8-3-5-11-6-4-8/h1,3-6H,7H2. The fraction of sp³-hybridized carbons (Fsp3) is 0.100. The predicted molar refractivity (Wildman–Crippen MR) is 57.5 cm³/mol. The van der Waals surface area contributed by atoms with Crippen LogP contribution < -0.4 is 4.74 Å². The van der Waals surface area contributed by atoms with Crippen molar-refractivity contribution in [2.75, 3.05) is 6.61 Å². The maximum Gasteiger partial charge on any atom is 0.295 e. The largest absolute Gasteiger partial charge is 0.456 e. The lowest BCUT2D eigenvalue weighted by atomic mass is 10.3. The van der Waals surface area contributed by atoms with E-state index in [9.17, 15) is 0 Å². The molecule has 0 N–H and O–H groups in total. The molecule has 15 heavy (non-hydrogen) atoms. The van der Waals surface area contributed by atoms with Crippen molar-refractivity contribution in [2.24, 2.45) is 0 Å². The smallest absolute Gasteiger partial charge is 0.295 e. The van der Waals surface area contributed by atoms with Gasteiger partial charge in [0.15, 0.2) is 11.6 Å². The average molecular weight is 217 g/mol. The lowest BCUT2D eigenvalue weighted by molar-refractivity contribution is 0.364. The minimum Gasteiger partial charge on any atom is -0.456 e. The molecular weight excluding hydrogens is 210 g/mol. The van der Waals surface area contributed by atoms with Gasteiger partial charge in [-0.1, -0.05) is 22.4 Å². The molecule has 0 aliphatic carbocycles. The Morgan fingerprint density at radius 3 is 2.87 bits per heavy atom. The van der Waals surface area contributed by atoms with Gasteiger partial charge in [0.1, 0.15) is 0 Å². The Balaban J connectivity index is 2.18. The van der Waals surface area contributed by atoms with Crippen molar-refractivity contribution < 1.29 is 4.74 Å². The predicted octanol–water partition coefficient (Wildman–Crippen LogP) is 1.61. The third-order valence-corrected chi connectivity index (χ3v) is 2.50. The topological polar surface area (TPSA) is 47.9 Å². The van der Waals surface area contributed by atoms with Gasteiger partial charge in [0.25, 0.3) is 5.19 Å². The van der Waals surface area contributed by atoms with Crippen LogP contribution in [0.15, 0.2) is 24.5 Å². The fourth-order valence-corrected chi connectivity index (χ4v) is 1.68. The van der Waals surface area contributed by atoms with Gasteiger partial charge >= 0.3 is 0 Å². The van der Waals surface area contributed by atoms with Crippen LogP contribution in [0.2, 0.25) is 0 Å². The van der Waals surface area contributed by atoms with Gasteiger partial charge < -0.3 is 4.74 Å². The van der Waals surface area contributed by atoms with Gasteiger partial charge in [-0.15, -0.1) is 11.5 Å². The normalized spacial score (nSPS) is 9.53. The van der Waals surface area contributed by atoms with Crippen molar-refractivity contribution in [3.63, 3.8) is 0 Å². The van der Waals surface area contributed by atoms with Crippen LogP contribution in [0.5, 0.6) is 5.19 Å². The quantitative estimate of drug-likeness (QED) is 0.733.